The molecule has 2 bridgehead atoms. The highest BCUT2D eigenvalue weighted by Gasteiger charge is 2.66. The zero-order valence-corrected chi connectivity index (χ0v) is 26.4. The fourth-order valence-electron chi connectivity index (χ4n) is 8.89. The Morgan fingerprint density at radius 1 is 1.02 bits per heavy atom. The third kappa shape index (κ3) is 5.32. The van der Waals surface area contributed by atoms with Gasteiger partial charge < -0.3 is 14.4 Å². The van der Waals surface area contributed by atoms with E-state index in [9.17, 15) is 9.59 Å². The topological polar surface area (TPSA) is 59.1 Å². The third-order valence-corrected chi connectivity index (χ3v) is 10.5. The molecule has 2 aliphatic heterocycles. The average molecular weight is 603 g/mol. The van der Waals surface area contributed by atoms with Crippen LogP contribution in [-0.4, -0.2) is 59.5 Å². The molecule has 1 saturated carbocycles. The Balaban J connectivity index is 1.22. The lowest BCUT2D eigenvalue weighted by Gasteiger charge is -2.60. The first-order valence-electron chi connectivity index (χ1n) is 16.5. The fourth-order valence-corrected chi connectivity index (χ4v) is 8.89. The van der Waals surface area contributed by atoms with E-state index in [0.29, 0.717) is 31.0 Å². The summed E-state index contributed by atoms with van der Waals surface area (Å²) in [5, 5.41) is 0. The summed E-state index contributed by atoms with van der Waals surface area (Å²) < 4.78 is 12.9. The van der Waals surface area contributed by atoms with Crippen molar-refractivity contribution in [1.82, 2.24) is 9.80 Å². The molecule has 2 fully saturated rings. The van der Waals surface area contributed by atoms with Crippen LogP contribution >= 0.6 is 0 Å². The molecule has 1 spiro atoms. The van der Waals surface area contributed by atoms with Crippen LogP contribution in [0.5, 0.6) is 5.75 Å². The molecule has 2 heterocycles. The minimum atomic E-state index is -0.320. The molecular weight excluding hydrogens is 560 g/mol. The lowest BCUT2D eigenvalue weighted by molar-refractivity contribution is -0.151. The quantitative estimate of drug-likeness (QED) is 0.248. The summed E-state index contributed by atoms with van der Waals surface area (Å²) in [5.41, 5.74) is 4.46. The van der Waals surface area contributed by atoms with E-state index in [2.05, 4.69) is 60.9 Å². The van der Waals surface area contributed by atoms with Crippen LogP contribution in [0, 0.1) is 23.7 Å². The van der Waals surface area contributed by atoms with Gasteiger partial charge in [-0.05, 0) is 73.4 Å². The number of piperidine rings is 1. The van der Waals surface area contributed by atoms with Crippen molar-refractivity contribution >= 4 is 11.9 Å². The van der Waals surface area contributed by atoms with E-state index in [1.165, 1.54) is 18.1 Å². The second-order valence-corrected chi connectivity index (χ2v) is 13.6. The fraction of sp³-hybridized carbons (Fsp3) is 0.436. The van der Waals surface area contributed by atoms with Crippen molar-refractivity contribution < 1.29 is 19.1 Å². The summed E-state index contributed by atoms with van der Waals surface area (Å²) in [6.07, 6.45) is 3.35. The van der Waals surface area contributed by atoms with Crippen molar-refractivity contribution in [1.29, 1.82) is 0 Å². The Morgan fingerprint density at radius 2 is 1.78 bits per heavy atom. The van der Waals surface area contributed by atoms with Crippen LogP contribution in [0.3, 0.4) is 0 Å². The molecule has 7 rings (SSSR count). The van der Waals surface area contributed by atoms with E-state index in [4.69, 9.17) is 9.47 Å². The SMILES string of the molecule is CC(=O)OC(CN1CC[C@]23c4c5cccc4O[C@H]2[C@@H](N(CC(C)C)C(=O)C#Cc2ccccc2)CC[C@H]3[C@H]1C5)c1ccccc1. The summed E-state index contributed by atoms with van der Waals surface area (Å²) in [6, 6.07) is 26.6. The Kier molecular flexibility index (Phi) is 7.91. The second kappa shape index (κ2) is 12.0. The minimum absolute atomic E-state index is 0.0510. The van der Waals surface area contributed by atoms with Crippen molar-refractivity contribution in [2.75, 3.05) is 19.6 Å². The van der Waals surface area contributed by atoms with Gasteiger partial charge in [-0.1, -0.05) is 80.4 Å². The number of ether oxygens (including phenoxy) is 2. The predicted molar refractivity (Wildman–Crippen MR) is 174 cm³/mol. The maximum absolute atomic E-state index is 13.9. The first kappa shape index (κ1) is 29.6. The van der Waals surface area contributed by atoms with Crippen LogP contribution in [0.15, 0.2) is 78.9 Å². The van der Waals surface area contributed by atoms with Gasteiger partial charge in [-0.2, -0.15) is 0 Å². The summed E-state index contributed by atoms with van der Waals surface area (Å²) in [6.45, 7) is 8.02. The monoisotopic (exact) mass is 602 g/mol. The highest BCUT2D eigenvalue weighted by atomic mass is 16.5. The number of benzene rings is 3. The lowest BCUT2D eigenvalue weighted by Crippen LogP contribution is -2.69. The number of carbonyl (C=O) groups excluding carboxylic acids is 2. The zero-order valence-electron chi connectivity index (χ0n) is 26.4. The first-order valence-corrected chi connectivity index (χ1v) is 16.5. The van der Waals surface area contributed by atoms with E-state index < -0.39 is 0 Å². The molecule has 0 aromatic heterocycles. The van der Waals surface area contributed by atoms with E-state index in [0.717, 1.165) is 49.1 Å². The second-order valence-electron chi connectivity index (χ2n) is 13.6. The third-order valence-electron chi connectivity index (χ3n) is 10.5. The number of rotatable bonds is 7. The van der Waals surface area contributed by atoms with Crippen molar-refractivity contribution in [3.8, 4) is 17.6 Å². The van der Waals surface area contributed by atoms with E-state index >= 15 is 0 Å². The molecule has 0 N–H and O–H groups in total. The van der Waals surface area contributed by atoms with Gasteiger partial charge in [0.25, 0.3) is 5.91 Å². The molecule has 2 aliphatic carbocycles. The predicted octanol–water partition coefficient (Wildman–Crippen LogP) is 5.94. The number of esters is 1. The smallest absolute Gasteiger partial charge is 0.303 e. The summed E-state index contributed by atoms with van der Waals surface area (Å²) >= 11 is 0. The molecule has 6 heteroatoms. The van der Waals surface area contributed by atoms with Gasteiger partial charge in [0.05, 0.1) is 6.04 Å². The number of amides is 1. The van der Waals surface area contributed by atoms with Gasteiger partial charge in [-0.15, -0.1) is 0 Å². The van der Waals surface area contributed by atoms with Crippen molar-refractivity contribution in [2.24, 2.45) is 11.8 Å². The highest BCUT2D eigenvalue weighted by Crippen LogP contribution is 2.62. The Hall–Kier alpha value is -4.08. The molecule has 4 aliphatic rings. The Bertz CT molecular complexity index is 1630. The van der Waals surface area contributed by atoms with Crippen LogP contribution in [0.1, 0.15) is 68.4 Å². The number of carbonyl (C=O) groups is 2. The van der Waals surface area contributed by atoms with Crippen LogP contribution < -0.4 is 4.74 Å². The Labute approximate surface area is 266 Å². The normalized spacial score (nSPS) is 26.6. The Morgan fingerprint density at radius 3 is 2.51 bits per heavy atom. The molecule has 6 atom stereocenters. The molecule has 45 heavy (non-hydrogen) atoms. The van der Waals surface area contributed by atoms with Gasteiger partial charge in [-0.3, -0.25) is 14.5 Å². The number of hydrogen-bond acceptors (Lipinski definition) is 5. The molecule has 1 saturated heterocycles. The number of nitrogens with zero attached hydrogens (tertiary/aromatic N) is 2. The van der Waals surface area contributed by atoms with Crippen LogP contribution in [0.25, 0.3) is 0 Å². The molecule has 1 unspecified atom stereocenters. The largest absolute Gasteiger partial charge is 0.487 e. The molecular formula is C39H42N2O4. The van der Waals surface area contributed by atoms with Gasteiger partial charge in [-0.25, -0.2) is 0 Å². The lowest BCUT2D eigenvalue weighted by atomic mass is 9.51. The van der Waals surface area contributed by atoms with Crippen LogP contribution in [0.2, 0.25) is 0 Å². The molecule has 1 amide bonds. The molecule has 3 aromatic rings. The van der Waals surface area contributed by atoms with Crippen LogP contribution in [-0.2, 0) is 26.2 Å². The van der Waals surface area contributed by atoms with Gasteiger partial charge in [0, 0.05) is 48.5 Å². The van der Waals surface area contributed by atoms with Crippen molar-refractivity contribution in [2.45, 2.75) is 76.2 Å². The standard InChI is InChI=1S/C39H42N2O4/c1-26(2)24-41(36(43)20-17-28-11-6-4-7-12-28)32-19-18-31-33-23-30-15-10-16-34-37(30)39(31,38(32)45-34)21-22-40(33)25-35(44-27(3)42)29-13-8-5-9-14-29/h4-16,26,31-33,35,38H,18-19,21-25H2,1-3H3/t31-,32-,33+,35?,38-,39-/m0/s1. The molecule has 6 nitrogen and oxygen atoms in total. The summed E-state index contributed by atoms with van der Waals surface area (Å²) in [5.74, 6) is 7.41. The van der Waals surface area contributed by atoms with E-state index in [1.807, 2.05) is 53.4 Å². The molecule has 3 aromatic carbocycles. The van der Waals surface area contributed by atoms with E-state index in [1.54, 1.807) is 0 Å². The van der Waals surface area contributed by atoms with E-state index in [-0.39, 0.29) is 35.5 Å². The van der Waals surface area contributed by atoms with Crippen molar-refractivity contribution in [3.63, 3.8) is 0 Å². The van der Waals surface area contributed by atoms with Gasteiger partial charge in [0.15, 0.2) is 0 Å². The van der Waals surface area contributed by atoms with Gasteiger partial charge in [0.1, 0.15) is 18.0 Å². The highest BCUT2D eigenvalue weighted by molar-refractivity contribution is 5.94. The van der Waals surface area contributed by atoms with Gasteiger partial charge >= 0.3 is 5.97 Å². The maximum atomic E-state index is 13.9. The number of likely N-dealkylation sites (tertiary alicyclic amines) is 1. The van der Waals surface area contributed by atoms with Gasteiger partial charge in [0.2, 0.25) is 0 Å². The summed E-state index contributed by atoms with van der Waals surface area (Å²) in [7, 11) is 0. The minimum Gasteiger partial charge on any atom is -0.487 e. The first-order chi connectivity index (χ1) is 21.8. The van der Waals surface area contributed by atoms with Crippen molar-refractivity contribution in [3.05, 3.63) is 101 Å². The average Bonchev–Trinajstić information content (AvgIpc) is 3.38. The maximum Gasteiger partial charge on any atom is 0.303 e. The molecule has 232 valence electrons. The van der Waals surface area contributed by atoms with Crippen LogP contribution in [0.4, 0.5) is 0 Å². The summed E-state index contributed by atoms with van der Waals surface area (Å²) in [4.78, 5) is 30.7. The number of hydrogen-bond donors (Lipinski definition) is 0. The zero-order chi connectivity index (χ0) is 31.1. The molecule has 0 radical (unpaired) electrons.